The molecular formula is C13H15FN2O2. The summed E-state index contributed by atoms with van der Waals surface area (Å²) in [7, 11) is 1.76. The number of carbonyl (C=O) groups excluding carboxylic acids is 1. The lowest BCUT2D eigenvalue weighted by Crippen LogP contribution is -2.06. The highest BCUT2D eigenvalue weighted by Gasteiger charge is 2.12. The molecule has 0 unspecified atom stereocenters. The number of benzene rings is 1. The maximum absolute atomic E-state index is 14.1. The number of fused-ring (bicyclic) bond motifs is 1. The van der Waals surface area contributed by atoms with Crippen LogP contribution in [0.15, 0.2) is 18.3 Å². The molecule has 4 nitrogen and oxygen atoms in total. The Labute approximate surface area is 104 Å². The standard InChI is InChI=1S/C13H15FN2O2/c1-3-18-12(17)7-5-9-4-6-11-10(13(9)14)8-15-16(11)2/h4,6,8H,3,5,7H2,1-2H3. The second-order valence-corrected chi connectivity index (χ2v) is 4.04. The molecule has 0 fully saturated rings. The van der Waals surface area contributed by atoms with E-state index >= 15 is 0 Å². The van der Waals surface area contributed by atoms with Gasteiger partial charge in [0.2, 0.25) is 0 Å². The van der Waals surface area contributed by atoms with Crippen LogP contribution >= 0.6 is 0 Å². The maximum Gasteiger partial charge on any atom is 0.306 e. The molecule has 0 saturated heterocycles. The minimum absolute atomic E-state index is 0.191. The van der Waals surface area contributed by atoms with E-state index in [0.717, 1.165) is 5.52 Å². The van der Waals surface area contributed by atoms with Gasteiger partial charge in [0, 0.05) is 13.5 Å². The third-order valence-corrected chi connectivity index (χ3v) is 2.85. The lowest BCUT2D eigenvalue weighted by atomic mass is 10.1. The first-order chi connectivity index (χ1) is 8.63. The quantitative estimate of drug-likeness (QED) is 0.781. The molecule has 0 radical (unpaired) electrons. The van der Waals surface area contributed by atoms with E-state index in [-0.39, 0.29) is 18.2 Å². The number of aryl methyl sites for hydroxylation is 2. The van der Waals surface area contributed by atoms with Gasteiger partial charge in [-0.05, 0) is 25.0 Å². The van der Waals surface area contributed by atoms with Gasteiger partial charge in [-0.15, -0.1) is 0 Å². The zero-order valence-corrected chi connectivity index (χ0v) is 10.4. The van der Waals surface area contributed by atoms with E-state index in [1.165, 1.54) is 6.20 Å². The minimum Gasteiger partial charge on any atom is -0.466 e. The lowest BCUT2D eigenvalue weighted by Gasteiger charge is -2.04. The Bertz CT molecular complexity index is 578. The van der Waals surface area contributed by atoms with Gasteiger partial charge < -0.3 is 4.74 Å². The van der Waals surface area contributed by atoms with E-state index in [1.807, 2.05) is 6.07 Å². The Kier molecular flexibility index (Phi) is 3.60. The summed E-state index contributed by atoms with van der Waals surface area (Å²) < 4.78 is 20.5. The Morgan fingerprint density at radius 2 is 2.28 bits per heavy atom. The van der Waals surface area contributed by atoms with Crippen LogP contribution in [0.3, 0.4) is 0 Å². The SMILES string of the molecule is CCOC(=O)CCc1ccc2c(cnn2C)c1F. The van der Waals surface area contributed by atoms with Crippen molar-refractivity contribution in [2.24, 2.45) is 7.05 Å². The van der Waals surface area contributed by atoms with Crippen LogP contribution in [-0.4, -0.2) is 22.4 Å². The molecule has 0 bridgehead atoms. The molecule has 1 aromatic heterocycles. The highest BCUT2D eigenvalue weighted by Crippen LogP contribution is 2.21. The van der Waals surface area contributed by atoms with E-state index in [4.69, 9.17) is 4.74 Å². The number of rotatable bonds is 4. The van der Waals surface area contributed by atoms with Crippen molar-refractivity contribution in [1.29, 1.82) is 0 Å². The fraction of sp³-hybridized carbons (Fsp3) is 0.385. The zero-order valence-electron chi connectivity index (χ0n) is 10.4. The van der Waals surface area contributed by atoms with E-state index in [2.05, 4.69) is 5.10 Å². The third-order valence-electron chi connectivity index (χ3n) is 2.85. The highest BCUT2D eigenvalue weighted by molar-refractivity contribution is 5.80. The van der Waals surface area contributed by atoms with Crippen molar-refractivity contribution in [3.05, 3.63) is 29.7 Å². The van der Waals surface area contributed by atoms with Gasteiger partial charge in [-0.25, -0.2) is 4.39 Å². The largest absolute Gasteiger partial charge is 0.466 e. The molecule has 1 heterocycles. The molecule has 0 N–H and O–H groups in total. The summed E-state index contributed by atoms with van der Waals surface area (Å²) >= 11 is 0. The molecule has 0 saturated carbocycles. The van der Waals surface area contributed by atoms with Gasteiger partial charge in [0.15, 0.2) is 0 Å². The highest BCUT2D eigenvalue weighted by atomic mass is 19.1. The first-order valence-electron chi connectivity index (χ1n) is 5.88. The summed E-state index contributed by atoms with van der Waals surface area (Å²) in [6, 6.07) is 3.50. The summed E-state index contributed by atoms with van der Waals surface area (Å²) in [5, 5.41) is 4.49. The number of esters is 1. The average molecular weight is 250 g/mol. The zero-order chi connectivity index (χ0) is 13.1. The number of nitrogens with zero attached hydrogens (tertiary/aromatic N) is 2. The predicted octanol–water partition coefficient (Wildman–Crippen LogP) is 2.21. The van der Waals surface area contributed by atoms with Gasteiger partial charge in [0.05, 0.1) is 23.7 Å². The van der Waals surface area contributed by atoms with Gasteiger partial charge in [-0.3, -0.25) is 9.48 Å². The molecule has 0 atom stereocenters. The Morgan fingerprint density at radius 1 is 1.50 bits per heavy atom. The summed E-state index contributed by atoms with van der Waals surface area (Å²) in [5.74, 6) is -0.604. The molecule has 0 aliphatic rings. The first kappa shape index (κ1) is 12.5. The van der Waals surface area contributed by atoms with Crippen LogP contribution in [0, 0.1) is 5.82 Å². The fourth-order valence-electron chi connectivity index (χ4n) is 1.90. The molecule has 2 aromatic rings. The Balaban J connectivity index is 2.19. The van der Waals surface area contributed by atoms with E-state index in [0.29, 0.717) is 24.0 Å². The van der Waals surface area contributed by atoms with Crippen molar-refractivity contribution in [2.45, 2.75) is 19.8 Å². The third kappa shape index (κ3) is 2.34. The van der Waals surface area contributed by atoms with Gasteiger partial charge >= 0.3 is 5.97 Å². The number of hydrogen-bond acceptors (Lipinski definition) is 3. The summed E-state index contributed by atoms with van der Waals surface area (Å²) in [6.07, 6.45) is 2.03. The number of halogens is 1. The second-order valence-electron chi connectivity index (χ2n) is 4.04. The molecule has 2 rings (SSSR count). The predicted molar refractivity (Wildman–Crippen MR) is 65.6 cm³/mol. The average Bonchev–Trinajstić information content (AvgIpc) is 2.72. The maximum atomic E-state index is 14.1. The van der Waals surface area contributed by atoms with Crippen LogP contribution in [-0.2, 0) is 23.0 Å². The van der Waals surface area contributed by atoms with Crippen LogP contribution in [0.4, 0.5) is 4.39 Å². The number of ether oxygens (including phenoxy) is 1. The fourth-order valence-corrected chi connectivity index (χ4v) is 1.90. The van der Waals surface area contributed by atoms with E-state index < -0.39 is 0 Å². The smallest absolute Gasteiger partial charge is 0.306 e. The number of aromatic nitrogens is 2. The van der Waals surface area contributed by atoms with Crippen LogP contribution in [0.1, 0.15) is 18.9 Å². The van der Waals surface area contributed by atoms with Crippen molar-refractivity contribution >= 4 is 16.9 Å². The lowest BCUT2D eigenvalue weighted by molar-refractivity contribution is -0.143. The van der Waals surface area contributed by atoms with Crippen molar-refractivity contribution in [1.82, 2.24) is 9.78 Å². The number of hydrogen-bond donors (Lipinski definition) is 0. The summed E-state index contributed by atoms with van der Waals surface area (Å²) in [6.45, 7) is 2.10. The molecule has 18 heavy (non-hydrogen) atoms. The molecule has 96 valence electrons. The second kappa shape index (κ2) is 5.16. The van der Waals surface area contributed by atoms with Crippen molar-refractivity contribution < 1.29 is 13.9 Å². The minimum atomic E-state index is -0.303. The number of carbonyl (C=O) groups is 1. The Hall–Kier alpha value is -1.91. The Morgan fingerprint density at radius 3 is 3.00 bits per heavy atom. The van der Waals surface area contributed by atoms with Crippen LogP contribution in [0.2, 0.25) is 0 Å². The van der Waals surface area contributed by atoms with Crippen LogP contribution in [0.5, 0.6) is 0 Å². The summed E-state index contributed by atoms with van der Waals surface area (Å²) in [4.78, 5) is 11.2. The van der Waals surface area contributed by atoms with Crippen LogP contribution in [0.25, 0.3) is 10.9 Å². The monoisotopic (exact) mass is 250 g/mol. The van der Waals surface area contributed by atoms with Gasteiger partial charge in [-0.2, -0.15) is 5.10 Å². The molecule has 0 aliphatic heterocycles. The van der Waals surface area contributed by atoms with Gasteiger partial charge in [-0.1, -0.05) is 6.07 Å². The van der Waals surface area contributed by atoms with Crippen LogP contribution < -0.4 is 0 Å². The first-order valence-corrected chi connectivity index (χ1v) is 5.88. The van der Waals surface area contributed by atoms with Gasteiger partial charge in [0.1, 0.15) is 5.82 Å². The molecule has 5 heteroatoms. The molecule has 0 amide bonds. The molecule has 0 spiro atoms. The molecule has 0 aliphatic carbocycles. The molecule has 1 aromatic carbocycles. The van der Waals surface area contributed by atoms with Crippen molar-refractivity contribution in [3.8, 4) is 0 Å². The van der Waals surface area contributed by atoms with E-state index in [1.54, 1.807) is 24.7 Å². The van der Waals surface area contributed by atoms with Crippen molar-refractivity contribution in [2.75, 3.05) is 6.61 Å². The van der Waals surface area contributed by atoms with Gasteiger partial charge in [0.25, 0.3) is 0 Å². The topological polar surface area (TPSA) is 44.1 Å². The normalized spacial score (nSPS) is 10.8. The summed E-state index contributed by atoms with van der Waals surface area (Å²) in [5.41, 5.74) is 1.26. The van der Waals surface area contributed by atoms with E-state index in [9.17, 15) is 9.18 Å². The molecular weight excluding hydrogens is 235 g/mol. The van der Waals surface area contributed by atoms with Crippen molar-refractivity contribution in [3.63, 3.8) is 0 Å².